The summed E-state index contributed by atoms with van der Waals surface area (Å²) in [4.78, 5) is 188. The number of aliphatic hydroxyl groups is 2. The van der Waals surface area contributed by atoms with Crippen molar-refractivity contribution in [3.63, 3.8) is 0 Å². The highest BCUT2D eigenvalue weighted by Gasteiger charge is 2.58. The zero-order valence-corrected chi connectivity index (χ0v) is 82.3. The molecule has 0 bridgehead atoms. The highest BCUT2D eigenvalue weighted by molar-refractivity contribution is 6.05. The molecule has 0 spiro atoms. The van der Waals surface area contributed by atoms with Crippen LogP contribution in [0.1, 0.15) is 129 Å². The number of methoxy groups -OCH3 is 4. The number of fused-ring (bicyclic) bond motifs is 3. The number of ether oxygens (including phenoxy) is 23. The minimum absolute atomic E-state index is 0.0180. The quantitative estimate of drug-likeness (QED) is 0.00902. The van der Waals surface area contributed by atoms with Crippen LogP contribution < -0.4 is 49.7 Å². The van der Waals surface area contributed by atoms with Crippen molar-refractivity contribution in [1.29, 1.82) is 0 Å². The van der Waals surface area contributed by atoms with Crippen LogP contribution >= 0.6 is 0 Å². The van der Waals surface area contributed by atoms with Gasteiger partial charge in [-0.25, -0.2) is 24.0 Å². The Kier molecular flexibility index (Phi) is 41.9. The number of carbonyl (C=O) groups is 14. The molecule has 4 saturated heterocycles. The van der Waals surface area contributed by atoms with E-state index in [0.29, 0.717) is 42.4 Å². The van der Waals surface area contributed by atoms with E-state index >= 15 is 0 Å². The summed E-state index contributed by atoms with van der Waals surface area (Å²) in [6, 6.07) is 30.1. The van der Waals surface area contributed by atoms with Gasteiger partial charge in [0.25, 0.3) is 11.8 Å². The van der Waals surface area contributed by atoms with Crippen LogP contribution in [-0.2, 0) is 137 Å². The lowest BCUT2D eigenvalue weighted by atomic mass is 9.97. The third kappa shape index (κ3) is 31.2. The number of unbranched alkanes of at least 4 members (excludes halogenated alkanes) is 2. The molecule has 0 aromatic heterocycles. The second-order valence-corrected chi connectivity index (χ2v) is 33.8. The maximum atomic E-state index is 14.7. The lowest BCUT2D eigenvalue weighted by Crippen LogP contribution is -2.64. The second kappa shape index (κ2) is 54.8. The fourth-order valence-corrected chi connectivity index (χ4v) is 16.6. The van der Waals surface area contributed by atoms with Gasteiger partial charge in [-0.15, -0.1) is 0 Å². The summed E-state index contributed by atoms with van der Waals surface area (Å²) in [7, 11) is 4.72. The average molecular weight is 2040 g/mol. The fraction of sp³-hybridized carbons (Fsp3) is 0.465. The minimum Gasteiger partial charge on any atom is -0.493 e. The van der Waals surface area contributed by atoms with Crippen molar-refractivity contribution in [2.75, 3.05) is 150 Å². The van der Waals surface area contributed by atoms with Gasteiger partial charge in [0.2, 0.25) is 30.7 Å². The van der Waals surface area contributed by atoms with Crippen molar-refractivity contribution in [2.45, 2.75) is 173 Å². The summed E-state index contributed by atoms with van der Waals surface area (Å²) in [6.45, 7) is 14.2. The molecule has 12 atom stereocenters. The monoisotopic (exact) mass is 2040 g/mol. The summed E-state index contributed by atoms with van der Waals surface area (Å²) >= 11 is 0. The number of hydrogen-bond acceptors (Lipinski definition) is 39. The molecular weight excluding hydrogens is 1920 g/mol. The van der Waals surface area contributed by atoms with Gasteiger partial charge in [0.05, 0.1) is 154 Å². The molecule has 0 unspecified atom stereocenters. The van der Waals surface area contributed by atoms with Crippen LogP contribution in [0.4, 0.5) is 31.4 Å². The van der Waals surface area contributed by atoms with Crippen molar-refractivity contribution < 1.29 is 186 Å². The van der Waals surface area contributed by atoms with Crippen molar-refractivity contribution in [3.8, 4) is 45.6 Å². The number of nitrogens with one attached hydrogen (secondary N) is 4. The maximum absolute atomic E-state index is 14.7. The first-order chi connectivity index (χ1) is 70.2. The number of likely N-dealkylation sites (tertiary alicyclic amines) is 2. The van der Waals surface area contributed by atoms with E-state index in [2.05, 4.69) is 46.6 Å². The van der Waals surface area contributed by atoms with Crippen LogP contribution in [0.2, 0.25) is 0 Å². The van der Waals surface area contributed by atoms with E-state index in [9.17, 15) is 77.3 Å². The summed E-state index contributed by atoms with van der Waals surface area (Å²) < 4.78 is 130. The van der Waals surface area contributed by atoms with Crippen LogP contribution in [0, 0.1) is 0 Å². The van der Waals surface area contributed by atoms with Gasteiger partial charge in [-0.05, 0) is 102 Å². The van der Waals surface area contributed by atoms with Gasteiger partial charge >= 0.3 is 66.0 Å². The number of rotatable bonds is 50. The van der Waals surface area contributed by atoms with E-state index in [1.165, 1.54) is 90.7 Å². The maximum Gasteiger partial charge on any atom is 0.411 e. The highest BCUT2D eigenvalue weighted by Crippen LogP contribution is 2.46. The molecule has 6 aromatic carbocycles. The zero-order valence-electron chi connectivity index (χ0n) is 82.3. The third-order valence-electron chi connectivity index (χ3n) is 23.1. The first-order valence-electron chi connectivity index (χ1n) is 46.7. The molecule has 4 fully saturated rings. The number of hydrogen-bond donors (Lipinski definition) is 6. The highest BCUT2D eigenvalue weighted by atomic mass is 16.8. The Morgan fingerprint density at radius 3 is 1.27 bits per heavy atom. The molecular formula is C101H120N6O39. The van der Waals surface area contributed by atoms with Crippen LogP contribution in [0.15, 0.2) is 140 Å². The molecule has 45 nitrogen and oxygen atoms in total. The molecule has 6 N–H and O–H groups in total. The number of esters is 8. The van der Waals surface area contributed by atoms with Gasteiger partial charge in [-0.3, -0.25) is 53.8 Å². The lowest BCUT2D eigenvalue weighted by molar-refractivity contribution is -0.282. The molecule has 11 rings (SSSR count). The van der Waals surface area contributed by atoms with Crippen molar-refractivity contribution in [3.05, 3.63) is 173 Å². The van der Waals surface area contributed by atoms with Crippen LogP contribution in [0.3, 0.4) is 0 Å². The number of anilines is 3. The first kappa shape index (κ1) is 112. The Morgan fingerprint density at radius 1 is 0.411 bits per heavy atom. The molecule has 1 aliphatic carbocycles. The SMILES string of the molecule is C=C1C[C@@H](CO)N(C(=O)c2cc(OC)c(OCCCCCOc3cc(NC(=O)OCc4ccc(O[C@@H]5O[C@H](C(=O)OC)[C@@H](OC(C)=O)[C@H](OC(C)=O)[C@H]5OC(C)=O)c(NC(=O)CCOCCOCCOCCOCCNC(=O)OCC5c6ccccc6-c6ccccc65)c4)c(C(=O)N4CC(=C)C[C@H]4CO)cc3OC)cc2NC(=O)OCc2ccc(O[C@@H]3O[C@H](C(=O)OC)[C@@H](OC(C)=O)[C@H](OC(C)=O)[C@H]3OC(C)=O)cc2)C1. The van der Waals surface area contributed by atoms with E-state index in [-0.39, 0.29) is 186 Å². The summed E-state index contributed by atoms with van der Waals surface area (Å²) in [6.07, 6.45) is -18.5. The minimum atomic E-state index is -1.89. The predicted octanol–water partition coefficient (Wildman–Crippen LogP) is 8.43. The average Bonchev–Trinajstić information content (AvgIpc) is 1.59. The molecule has 0 radical (unpaired) electrons. The lowest BCUT2D eigenvalue weighted by Gasteiger charge is -2.43. The number of carbonyl (C=O) groups excluding carboxylic acids is 14. The number of nitrogens with zero attached hydrogens (tertiary/aromatic N) is 2. The molecule has 4 aliphatic heterocycles. The third-order valence-corrected chi connectivity index (χ3v) is 23.1. The molecule has 788 valence electrons. The Bertz CT molecular complexity index is 5590. The van der Waals surface area contributed by atoms with Gasteiger partial charge in [0.15, 0.2) is 59.6 Å². The van der Waals surface area contributed by atoms with Gasteiger partial charge in [0, 0.05) is 79.2 Å². The summed E-state index contributed by atoms with van der Waals surface area (Å²) in [5.41, 5.74) is 5.85. The van der Waals surface area contributed by atoms with E-state index < -0.39 is 177 Å². The zero-order chi connectivity index (χ0) is 105. The Hall–Kier alpha value is -14.7. The Balaban J connectivity index is 0.711. The molecule has 5 aliphatic rings. The first-order valence-corrected chi connectivity index (χ1v) is 46.7. The number of alkyl carbamates (subject to hydrolysis) is 1. The summed E-state index contributed by atoms with van der Waals surface area (Å²) in [5.74, 6) is -9.58. The molecule has 146 heavy (non-hydrogen) atoms. The number of amides is 6. The van der Waals surface area contributed by atoms with Crippen LogP contribution in [-0.4, -0.2) is 311 Å². The molecule has 4 heterocycles. The fourth-order valence-electron chi connectivity index (χ4n) is 16.6. The summed E-state index contributed by atoms with van der Waals surface area (Å²) in [5, 5.41) is 31.5. The van der Waals surface area contributed by atoms with Crippen molar-refractivity contribution in [2.24, 2.45) is 0 Å². The molecule has 0 saturated carbocycles. The molecule has 6 aromatic rings. The van der Waals surface area contributed by atoms with E-state index in [0.717, 1.165) is 78.0 Å². The van der Waals surface area contributed by atoms with Crippen molar-refractivity contribution >= 4 is 101 Å². The largest absolute Gasteiger partial charge is 0.493 e. The normalized spacial score (nSPS) is 19.7. The Labute approximate surface area is 839 Å². The molecule has 45 heteroatoms. The van der Waals surface area contributed by atoms with E-state index in [4.69, 9.17) is 109 Å². The van der Waals surface area contributed by atoms with Gasteiger partial charge in [-0.1, -0.05) is 91.0 Å². The topological polar surface area (TPSA) is 546 Å². The van der Waals surface area contributed by atoms with Gasteiger partial charge in [0.1, 0.15) is 31.3 Å². The van der Waals surface area contributed by atoms with Crippen molar-refractivity contribution in [1.82, 2.24) is 15.1 Å². The van der Waals surface area contributed by atoms with Crippen LogP contribution in [0.25, 0.3) is 11.1 Å². The smallest absolute Gasteiger partial charge is 0.411 e. The number of aliphatic hydroxyl groups excluding tert-OH is 2. The second-order valence-electron chi connectivity index (χ2n) is 33.8. The predicted molar refractivity (Wildman–Crippen MR) is 508 cm³/mol. The van der Waals surface area contributed by atoms with Gasteiger partial charge < -0.3 is 140 Å². The number of benzene rings is 6. The van der Waals surface area contributed by atoms with Crippen LogP contribution in [0.5, 0.6) is 34.5 Å². The molecule has 6 amide bonds. The van der Waals surface area contributed by atoms with E-state index in [1.807, 2.05) is 36.4 Å². The van der Waals surface area contributed by atoms with Gasteiger partial charge in [-0.2, -0.15) is 0 Å². The standard InChI is InChI=1S/C101H120N6O39/c1-56-42-66(51-108)106(49-56)93(117)73-45-80(124-9)82(47-76(73)104-100(122)134-53-64-24-27-68(28-25-64)143-97-91(141-62(7)114)87(139-60(5)112)85(137-58(3)110)89(145-97)95(119)126-11)132-32-18-13-19-33-133-83-48-77(74(46-81(83)125-10)94(118)107-50-57(2)43-67(107)52-109)105-101(123)135-54-65-26-29-79(144-98-92(142-63(8)115)88(140-61(6)113)86(138-59(4)111)90(146-98)96(120)127-12)78(44-65)103-84(116)30-34-128-36-38-130-40-41-131-39-37-129-35-31-102-99(121)136-55-75-71-22-16-14-20-69(71)70-21-15-17-23-72(70)75/h14-17,20-29,44-48,66-67,75,85-92,97-98,108-109H,1-2,13,18-19,30-43,49-55H2,3-12H3,(H,102,121)(H,103,116)(H,104,122)(H,105,123)/t66-,67-,85-,86-,87-,88-,89-,90-,91+,92+,97+,98+/m0/s1. The Morgan fingerprint density at radius 2 is 0.829 bits per heavy atom. The van der Waals surface area contributed by atoms with E-state index in [1.54, 1.807) is 0 Å².